The molecule has 0 spiro atoms. The molecule has 0 aromatic heterocycles. The lowest BCUT2D eigenvalue weighted by atomic mass is 10.2. The Balaban J connectivity index is 3.12. The van der Waals surface area contributed by atoms with Crippen LogP contribution in [0.4, 0.5) is 8.78 Å². The third kappa shape index (κ3) is 2.02. The number of benzene rings is 1. The van der Waals surface area contributed by atoms with Gasteiger partial charge in [-0.1, -0.05) is 5.92 Å². The van der Waals surface area contributed by atoms with Crippen LogP contribution >= 0.6 is 15.9 Å². The van der Waals surface area contributed by atoms with Gasteiger partial charge in [0, 0.05) is 21.5 Å². The lowest BCUT2D eigenvalue weighted by molar-refractivity contribution is 0.508. The predicted octanol–water partition coefficient (Wildman–Crippen LogP) is 2.67. The summed E-state index contributed by atoms with van der Waals surface area (Å²) in [4.78, 5) is 2.40. The maximum Gasteiger partial charge on any atom is 0.160 e. The first-order valence-electron chi connectivity index (χ1n) is 2.80. The summed E-state index contributed by atoms with van der Waals surface area (Å²) in [5, 5.41) is 0. The van der Waals surface area contributed by atoms with Crippen molar-refractivity contribution >= 4 is 15.9 Å². The zero-order valence-electron chi connectivity index (χ0n) is 5.37. The second-order valence-electron chi connectivity index (χ2n) is 1.85. The summed E-state index contributed by atoms with van der Waals surface area (Å²) in [7, 11) is 0. The van der Waals surface area contributed by atoms with Gasteiger partial charge in [0.15, 0.2) is 11.6 Å². The van der Waals surface area contributed by atoms with Crippen molar-refractivity contribution in [3.63, 3.8) is 0 Å². The Labute approximate surface area is 71.4 Å². The van der Waals surface area contributed by atoms with Crippen LogP contribution in [0.3, 0.4) is 0 Å². The maximum atomic E-state index is 12.4. The van der Waals surface area contributed by atoms with Gasteiger partial charge < -0.3 is 0 Å². The van der Waals surface area contributed by atoms with E-state index < -0.39 is 11.6 Å². The quantitative estimate of drug-likeness (QED) is 0.586. The Morgan fingerprint density at radius 3 is 2.45 bits per heavy atom. The molecule has 56 valence electrons. The van der Waals surface area contributed by atoms with Gasteiger partial charge in [-0.3, -0.25) is 0 Å². The van der Waals surface area contributed by atoms with Gasteiger partial charge in [-0.2, -0.15) is 0 Å². The van der Waals surface area contributed by atoms with Crippen molar-refractivity contribution in [1.29, 1.82) is 0 Å². The average molecular weight is 217 g/mol. The maximum absolute atomic E-state index is 12.4. The van der Waals surface area contributed by atoms with E-state index >= 15 is 0 Å². The molecule has 1 rings (SSSR count). The topological polar surface area (TPSA) is 0 Å². The van der Waals surface area contributed by atoms with Crippen molar-refractivity contribution in [2.24, 2.45) is 0 Å². The monoisotopic (exact) mass is 216 g/mol. The van der Waals surface area contributed by atoms with E-state index in [0.717, 1.165) is 12.1 Å². The molecule has 0 N–H and O–H groups in total. The molecule has 0 aliphatic rings. The van der Waals surface area contributed by atoms with Gasteiger partial charge in [-0.15, -0.1) is 0 Å². The van der Waals surface area contributed by atoms with Crippen molar-refractivity contribution in [1.82, 2.24) is 0 Å². The molecule has 3 heteroatoms. The molecule has 0 aliphatic carbocycles. The van der Waals surface area contributed by atoms with Crippen molar-refractivity contribution < 1.29 is 8.78 Å². The molecule has 11 heavy (non-hydrogen) atoms. The van der Waals surface area contributed by atoms with E-state index in [1.54, 1.807) is 0 Å². The zero-order chi connectivity index (χ0) is 8.27. The third-order valence-electron chi connectivity index (χ3n) is 1.11. The number of rotatable bonds is 0. The minimum atomic E-state index is -0.877. The zero-order valence-corrected chi connectivity index (χ0v) is 6.95. The molecule has 0 saturated heterocycles. The highest BCUT2D eigenvalue weighted by Crippen LogP contribution is 2.07. The normalized spacial score (nSPS) is 8.64. The summed E-state index contributed by atoms with van der Waals surface area (Å²) in [5.74, 6) is 0.802. The van der Waals surface area contributed by atoms with Crippen LogP contribution in [0.15, 0.2) is 18.2 Å². The standard InChI is InChI=1S/C8H3BrF2/c9-4-3-6-1-2-7(10)8(11)5-6/h1-2,5H. The van der Waals surface area contributed by atoms with Crippen molar-refractivity contribution in [2.75, 3.05) is 0 Å². The molecule has 0 fully saturated rings. The van der Waals surface area contributed by atoms with E-state index in [4.69, 9.17) is 0 Å². The van der Waals surface area contributed by atoms with Crippen LogP contribution in [0.1, 0.15) is 5.56 Å². The Bertz CT molecular complexity index is 323. The molecule has 0 saturated carbocycles. The highest BCUT2D eigenvalue weighted by atomic mass is 79.9. The second kappa shape index (κ2) is 3.49. The molecule has 0 heterocycles. The number of halogens is 3. The molecule has 1 aromatic rings. The number of hydrogen-bond donors (Lipinski definition) is 0. The second-order valence-corrected chi connectivity index (χ2v) is 2.24. The first kappa shape index (κ1) is 8.22. The molecule has 0 amide bonds. The van der Waals surface area contributed by atoms with E-state index in [0.29, 0.717) is 5.56 Å². The van der Waals surface area contributed by atoms with Gasteiger partial charge in [0.05, 0.1) is 0 Å². The van der Waals surface area contributed by atoms with Crippen LogP contribution in [0.5, 0.6) is 0 Å². The summed E-state index contributed by atoms with van der Waals surface area (Å²) in [6.07, 6.45) is 0. The van der Waals surface area contributed by atoms with E-state index in [2.05, 4.69) is 26.7 Å². The van der Waals surface area contributed by atoms with Gasteiger partial charge >= 0.3 is 0 Å². The SMILES string of the molecule is Fc1ccc(C#CBr)cc1F. The third-order valence-corrected chi connectivity index (χ3v) is 1.31. The lowest BCUT2D eigenvalue weighted by Crippen LogP contribution is -1.83. The lowest BCUT2D eigenvalue weighted by Gasteiger charge is -1.91. The molecule has 0 nitrogen and oxygen atoms in total. The predicted molar refractivity (Wildman–Crippen MR) is 42.2 cm³/mol. The molecule has 1 aromatic carbocycles. The van der Waals surface area contributed by atoms with Gasteiger partial charge in [0.25, 0.3) is 0 Å². The molecular weight excluding hydrogens is 214 g/mol. The van der Waals surface area contributed by atoms with E-state index in [1.807, 2.05) is 0 Å². The van der Waals surface area contributed by atoms with Crippen LogP contribution in [-0.4, -0.2) is 0 Å². The van der Waals surface area contributed by atoms with Crippen molar-refractivity contribution in [3.8, 4) is 10.8 Å². The van der Waals surface area contributed by atoms with Gasteiger partial charge in [0.2, 0.25) is 0 Å². The summed E-state index contributed by atoms with van der Waals surface area (Å²) < 4.78 is 24.7. The summed E-state index contributed by atoms with van der Waals surface area (Å²) >= 11 is 2.85. The van der Waals surface area contributed by atoms with Crippen molar-refractivity contribution in [2.45, 2.75) is 0 Å². The Morgan fingerprint density at radius 2 is 1.91 bits per heavy atom. The van der Waals surface area contributed by atoms with E-state index in [9.17, 15) is 8.78 Å². The van der Waals surface area contributed by atoms with Crippen LogP contribution in [0, 0.1) is 22.4 Å². The van der Waals surface area contributed by atoms with Crippen LogP contribution in [0.25, 0.3) is 0 Å². The fraction of sp³-hybridized carbons (Fsp3) is 0. The van der Waals surface area contributed by atoms with Gasteiger partial charge in [-0.25, -0.2) is 8.78 Å². The molecule has 0 unspecified atom stereocenters. The first-order chi connectivity index (χ1) is 5.24. The molecular formula is C8H3BrF2. The summed E-state index contributed by atoms with van der Waals surface area (Å²) in [5.41, 5.74) is 0.445. The molecule has 0 atom stereocenters. The average Bonchev–Trinajstić information content (AvgIpc) is 1.98. The van der Waals surface area contributed by atoms with E-state index in [1.165, 1.54) is 6.07 Å². The van der Waals surface area contributed by atoms with Gasteiger partial charge in [-0.05, 0) is 23.0 Å². The Morgan fingerprint density at radius 1 is 1.18 bits per heavy atom. The van der Waals surface area contributed by atoms with Crippen LogP contribution < -0.4 is 0 Å². The van der Waals surface area contributed by atoms with Crippen molar-refractivity contribution in [3.05, 3.63) is 35.4 Å². The minimum Gasteiger partial charge on any atom is -0.204 e. The fourth-order valence-corrected chi connectivity index (χ4v) is 0.857. The van der Waals surface area contributed by atoms with E-state index in [-0.39, 0.29) is 0 Å². The smallest absolute Gasteiger partial charge is 0.160 e. The summed E-state index contributed by atoms with van der Waals surface area (Å²) in [6.45, 7) is 0. The molecule has 0 aliphatic heterocycles. The molecule has 0 bridgehead atoms. The Hall–Kier alpha value is -0.880. The Kier molecular flexibility index (Phi) is 2.61. The first-order valence-corrected chi connectivity index (χ1v) is 3.60. The molecule has 0 radical (unpaired) electrons. The van der Waals surface area contributed by atoms with Crippen LogP contribution in [-0.2, 0) is 0 Å². The summed E-state index contributed by atoms with van der Waals surface area (Å²) in [6, 6.07) is 3.50. The highest BCUT2D eigenvalue weighted by Gasteiger charge is 1.99. The van der Waals surface area contributed by atoms with Gasteiger partial charge in [0.1, 0.15) is 0 Å². The fourth-order valence-electron chi connectivity index (χ4n) is 0.628. The highest BCUT2D eigenvalue weighted by molar-refractivity contribution is 9.12. The number of hydrogen-bond acceptors (Lipinski definition) is 0. The largest absolute Gasteiger partial charge is 0.204 e. The van der Waals surface area contributed by atoms with Crippen LogP contribution in [0.2, 0.25) is 0 Å². The minimum absolute atomic E-state index is 0.445.